The minimum absolute atomic E-state index is 0.0382. The van der Waals surface area contributed by atoms with E-state index in [4.69, 9.17) is 0 Å². The molecule has 30 heavy (non-hydrogen) atoms. The molecule has 1 unspecified atom stereocenters. The Labute approximate surface area is 180 Å². The molecule has 1 N–H and O–H groups in total. The van der Waals surface area contributed by atoms with E-state index >= 15 is 0 Å². The smallest absolute Gasteiger partial charge is 0.256 e. The predicted molar refractivity (Wildman–Crippen MR) is 119 cm³/mol. The number of rotatable bonds is 5. The lowest BCUT2D eigenvalue weighted by atomic mass is 9.96. The fourth-order valence-corrected chi connectivity index (χ4v) is 4.44. The molecule has 1 aliphatic rings. The Hall–Kier alpha value is -3.12. The van der Waals surface area contributed by atoms with Gasteiger partial charge in [0.05, 0.1) is 11.5 Å². The highest BCUT2D eigenvalue weighted by atomic mass is 32.2. The molecule has 152 valence electrons. The van der Waals surface area contributed by atoms with Gasteiger partial charge in [-0.05, 0) is 49.2 Å². The number of likely N-dealkylation sites (tertiary alicyclic amines) is 1. The van der Waals surface area contributed by atoms with Gasteiger partial charge in [-0.25, -0.2) is 4.98 Å². The van der Waals surface area contributed by atoms with Crippen LogP contribution in [-0.4, -0.2) is 34.8 Å². The van der Waals surface area contributed by atoms with Crippen molar-refractivity contribution in [3.8, 4) is 0 Å². The number of hydrogen-bond acceptors (Lipinski definition) is 4. The van der Waals surface area contributed by atoms with Gasteiger partial charge in [-0.2, -0.15) is 0 Å². The zero-order chi connectivity index (χ0) is 20.8. The fourth-order valence-electron chi connectivity index (χ4n) is 3.55. The number of nitrogens with zero attached hydrogens (tertiary/aromatic N) is 2. The summed E-state index contributed by atoms with van der Waals surface area (Å²) in [4.78, 5) is 33.2. The maximum atomic E-state index is 13.3. The first-order valence-corrected chi connectivity index (χ1v) is 10.9. The molecular formula is C24H23N3O2S. The average molecular weight is 418 g/mol. The van der Waals surface area contributed by atoms with Gasteiger partial charge in [0.15, 0.2) is 0 Å². The number of hydrogen-bond donors (Lipinski definition) is 1. The van der Waals surface area contributed by atoms with E-state index in [-0.39, 0.29) is 17.7 Å². The van der Waals surface area contributed by atoms with Gasteiger partial charge in [0.1, 0.15) is 5.03 Å². The Bertz CT molecular complexity index is 1010. The van der Waals surface area contributed by atoms with Gasteiger partial charge in [0.2, 0.25) is 5.91 Å². The van der Waals surface area contributed by atoms with Gasteiger partial charge in [0.25, 0.3) is 5.91 Å². The molecule has 2 heterocycles. The largest absolute Gasteiger partial charge is 0.338 e. The standard InChI is InChI=1S/C24H23N3O2S/c28-22(26-19-10-3-1-4-11-19)18-9-8-16-27(17-18)24(29)21-14-7-15-25-23(21)30-20-12-5-2-6-13-20/h1-7,10-15,18H,8-9,16-17H2,(H,26,28). The summed E-state index contributed by atoms with van der Waals surface area (Å²) in [6.07, 6.45) is 3.29. The van der Waals surface area contributed by atoms with Crippen molar-refractivity contribution >= 4 is 29.3 Å². The molecule has 5 nitrogen and oxygen atoms in total. The molecule has 0 saturated carbocycles. The van der Waals surface area contributed by atoms with E-state index in [0.29, 0.717) is 23.7 Å². The molecular weight excluding hydrogens is 394 g/mol. The number of nitrogens with one attached hydrogen (secondary N) is 1. The molecule has 6 heteroatoms. The number of pyridine rings is 1. The Morgan fingerprint density at radius 3 is 2.47 bits per heavy atom. The Balaban J connectivity index is 1.46. The van der Waals surface area contributed by atoms with E-state index in [9.17, 15) is 9.59 Å². The lowest BCUT2D eigenvalue weighted by Gasteiger charge is -2.32. The van der Waals surface area contributed by atoms with E-state index in [1.807, 2.05) is 66.7 Å². The highest BCUT2D eigenvalue weighted by Gasteiger charge is 2.30. The van der Waals surface area contributed by atoms with Crippen LogP contribution in [0.15, 0.2) is 88.9 Å². The van der Waals surface area contributed by atoms with E-state index in [1.54, 1.807) is 17.2 Å². The van der Waals surface area contributed by atoms with Gasteiger partial charge in [-0.15, -0.1) is 0 Å². The summed E-state index contributed by atoms with van der Waals surface area (Å²) >= 11 is 1.48. The van der Waals surface area contributed by atoms with Crippen LogP contribution in [0.4, 0.5) is 5.69 Å². The van der Waals surface area contributed by atoms with Crippen molar-refractivity contribution in [3.05, 3.63) is 84.6 Å². The van der Waals surface area contributed by atoms with E-state index in [2.05, 4.69) is 10.3 Å². The third-order valence-electron chi connectivity index (χ3n) is 5.08. The molecule has 0 spiro atoms. The van der Waals surface area contributed by atoms with Crippen LogP contribution < -0.4 is 5.32 Å². The first-order chi connectivity index (χ1) is 14.7. The van der Waals surface area contributed by atoms with Crippen molar-refractivity contribution in [2.24, 2.45) is 5.92 Å². The summed E-state index contributed by atoms with van der Waals surface area (Å²) in [5, 5.41) is 3.65. The van der Waals surface area contributed by atoms with Crippen molar-refractivity contribution in [1.29, 1.82) is 0 Å². The van der Waals surface area contributed by atoms with Gasteiger partial charge in [-0.3, -0.25) is 9.59 Å². The minimum atomic E-state index is -0.218. The topological polar surface area (TPSA) is 62.3 Å². The minimum Gasteiger partial charge on any atom is -0.338 e. The zero-order valence-corrected chi connectivity index (χ0v) is 17.3. The van der Waals surface area contributed by atoms with Crippen LogP contribution in [0.2, 0.25) is 0 Å². The maximum Gasteiger partial charge on any atom is 0.256 e. The van der Waals surface area contributed by atoms with Crippen LogP contribution in [-0.2, 0) is 4.79 Å². The summed E-state index contributed by atoms with van der Waals surface area (Å²) in [6, 6.07) is 22.9. The number of piperidine rings is 1. The number of para-hydroxylation sites is 1. The van der Waals surface area contributed by atoms with Gasteiger partial charge >= 0.3 is 0 Å². The molecule has 1 atom stereocenters. The third kappa shape index (κ3) is 4.89. The molecule has 1 saturated heterocycles. The SMILES string of the molecule is O=C(Nc1ccccc1)C1CCCN(C(=O)c2cccnc2Sc2ccccc2)C1. The predicted octanol–water partition coefficient (Wildman–Crippen LogP) is 4.72. The molecule has 1 aliphatic heterocycles. The molecule has 1 aromatic heterocycles. The number of anilines is 1. The van der Waals surface area contributed by atoms with Gasteiger partial charge < -0.3 is 10.2 Å². The molecule has 2 amide bonds. The number of carbonyl (C=O) groups is 2. The van der Waals surface area contributed by atoms with Crippen molar-refractivity contribution in [2.45, 2.75) is 22.8 Å². The van der Waals surface area contributed by atoms with Crippen molar-refractivity contribution in [2.75, 3.05) is 18.4 Å². The first kappa shape index (κ1) is 20.2. The Kier molecular flexibility index (Phi) is 6.44. The molecule has 1 fully saturated rings. The maximum absolute atomic E-state index is 13.3. The van der Waals surface area contributed by atoms with E-state index in [0.717, 1.165) is 23.4 Å². The monoisotopic (exact) mass is 417 g/mol. The zero-order valence-electron chi connectivity index (χ0n) is 16.5. The second-order valence-corrected chi connectivity index (χ2v) is 8.28. The van der Waals surface area contributed by atoms with E-state index < -0.39 is 0 Å². The van der Waals surface area contributed by atoms with Crippen LogP contribution in [0.25, 0.3) is 0 Å². The second-order valence-electron chi connectivity index (χ2n) is 7.22. The van der Waals surface area contributed by atoms with E-state index in [1.165, 1.54) is 11.8 Å². The summed E-state index contributed by atoms with van der Waals surface area (Å²) < 4.78 is 0. The quantitative estimate of drug-likeness (QED) is 0.652. The summed E-state index contributed by atoms with van der Waals surface area (Å²) in [7, 11) is 0. The molecule has 2 aromatic carbocycles. The van der Waals surface area contributed by atoms with Crippen molar-refractivity contribution < 1.29 is 9.59 Å². The van der Waals surface area contributed by atoms with Crippen LogP contribution in [0.1, 0.15) is 23.2 Å². The number of benzene rings is 2. The van der Waals surface area contributed by atoms with Gasteiger partial charge in [0, 0.05) is 29.9 Å². The van der Waals surface area contributed by atoms with Crippen LogP contribution in [0, 0.1) is 5.92 Å². The lowest BCUT2D eigenvalue weighted by molar-refractivity contribution is -0.121. The Morgan fingerprint density at radius 1 is 0.967 bits per heavy atom. The van der Waals surface area contributed by atoms with Crippen LogP contribution >= 0.6 is 11.8 Å². The number of amides is 2. The molecule has 0 bridgehead atoms. The fraction of sp³-hybridized carbons (Fsp3) is 0.208. The lowest BCUT2D eigenvalue weighted by Crippen LogP contribution is -2.44. The number of aromatic nitrogens is 1. The molecule has 4 rings (SSSR count). The van der Waals surface area contributed by atoms with Crippen LogP contribution in [0.5, 0.6) is 0 Å². The summed E-state index contributed by atoms with van der Waals surface area (Å²) in [5.41, 5.74) is 1.36. The van der Waals surface area contributed by atoms with Crippen molar-refractivity contribution in [1.82, 2.24) is 9.88 Å². The second kappa shape index (κ2) is 9.59. The van der Waals surface area contributed by atoms with Crippen molar-refractivity contribution in [3.63, 3.8) is 0 Å². The molecule has 0 radical (unpaired) electrons. The average Bonchev–Trinajstić information content (AvgIpc) is 2.80. The summed E-state index contributed by atoms with van der Waals surface area (Å²) in [6.45, 7) is 1.07. The normalized spacial score (nSPS) is 16.1. The highest BCUT2D eigenvalue weighted by Crippen LogP contribution is 2.30. The summed E-state index contributed by atoms with van der Waals surface area (Å²) in [5.74, 6) is -0.327. The Morgan fingerprint density at radius 2 is 1.70 bits per heavy atom. The third-order valence-corrected chi connectivity index (χ3v) is 6.11. The number of carbonyl (C=O) groups excluding carboxylic acids is 2. The highest BCUT2D eigenvalue weighted by molar-refractivity contribution is 7.99. The van der Waals surface area contributed by atoms with Crippen LogP contribution in [0.3, 0.4) is 0 Å². The van der Waals surface area contributed by atoms with Gasteiger partial charge in [-0.1, -0.05) is 48.2 Å². The molecule has 0 aliphatic carbocycles. The molecule has 3 aromatic rings. The first-order valence-electron chi connectivity index (χ1n) is 10.0.